The number of para-hydroxylation sites is 2. The fourth-order valence-electron chi connectivity index (χ4n) is 4.53. The van der Waals surface area contributed by atoms with Crippen LogP contribution >= 0.6 is 0 Å². The van der Waals surface area contributed by atoms with Crippen molar-refractivity contribution in [2.45, 2.75) is 19.5 Å². The Bertz CT molecular complexity index is 1480. The molecule has 36 heavy (non-hydrogen) atoms. The van der Waals surface area contributed by atoms with Gasteiger partial charge in [-0.25, -0.2) is 4.79 Å². The fourth-order valence-corrected chi connectivity index (χ4v) is 4.53. The number of ether oxygens (including phenoxy) is 1. The van der Waals surface area contributed by atoms with Gasteiger partial charge in [-0.1, -0.05) is 60.7 Å². The van der Waals surface area contributed by atoms with Gasteiger partial charge < -0.3 is 10.1 Å². The molecule has 0 saturated heterocycles. The van der Waals surface area contributed by atoms with E-state index in [-0.39, 0.29) is 0 Å². The quantitative estimate of drug-likeness (QED) is 0.413. The molecule has 3 aromatic carbocycles. The normalized spacial score (nSPS) is 13.0. The first-order valence-electron chi connectivity index (χ1n) is 11.8. The maximum absolute atomic E-state index is 13.4. The van der Waals surface area contributed by atoms with Crippen LogP contribution in [0.4, 0.5) is 5.69 Å². The number of nitriles is 1. The number of nitrogens with zero attached hydrogens (tertiary/aromatic N) is 3. The Balaban J connectivity index is 1.38. The maximum atomic E-state index is 13.4. The van der Waals surface area contributed by atoms with Crippen molar-refractivity contribution in [3.8, 4) is 6.07 Å². The summed E-state index contributed by atoms with van der Waals surface area (Å²) >= 11 is 0. The van der Waals surface area contributed by atoms with Crippen molar-refractivity contribution in [2.24, 2.45) is 0 Å². The van der Waals surface area contributed by atoms with Crippen molar-refractivity contribution in [3.63, 3.8) is 0 Å². The summed E-state index contributed by atoms with van der Waals surface area (Å²) in [6, 6.07) is 26.4. The zero-order valence-corrected chi connectivity index (χ0v) is 19.6. The van der Waals surface area contributed by atoms with Gasteiger partial charge in [0.15, 0.2) is 6.61 Å². The molecule has 1 amide bonds. The van der Waals surface area contributed by atoms with Gasteiger partial charge in [-0.2, -0.15) is 5.26 Å². The lowest BCUT2D eigenvalue weighted by Gasteiger charge is -2.30. The van der Waals surface area contributed by atoms with E-state index in [1.54, 1.807) is 24.3 Å². The molecule has 4 aromatic rings. The fraction of sp³-hybridized carbons (Fsp3) is 0.172. The molecule has 0 fully saturated rings. The lowest BCUT2D eigenvalue weighted by Crippen LogP contribution is -2.32. The lowest BCUT2D eigenvalue weighted by atomic mass is 9.95. The highest BCUT2D eigenvalue weighted by Gasteiger charge is 2.27. The zero-order chi connectivity index (χ0) is 24.9. The van der Waals surface area contributed by atoms with Crippen molar-refractivity contribution < 1.29 is 14.3 Å². The van der Waals surface area contributed by atoms with Gasteiger partial charge in [0, 0.05) is 42.7 Å². The number of nitrogens with one attached hydrogen (secondary N) is 1. The van der Waals surface area contributed by atoms with Crippen LogP contribution in [0, 0.1) is 11.3 Å². The zero-order valence-electron chi connectivity index (χ0n) is 19.6. The second-order valence-corrected chi connectivity index (χ2v) is 8.66. The molecule has 2 heterocycles. The highest BCUT2D eigenvalue weighted by atomic mass is 16.5. The van der Waals surface area contributed by atoms with Gasteiger partial charge in [0.1, 0.15) is 6.07 Å². The highest BCUT2D eigenvalue weighted by molar-refractivity contribution is 6.06. The van der Waals surface area contributed by atoms with Crippen molar-refractivity contribution in [2.75, 3.05) is 18.5 Å². The number of esters is 1. The third-order valence-corrected chi connectivity index (χ3v) is 6.23. The Morgan fingerprint density at radius 1 is 1.00 bits per heavy atom. The molecule has 0 bridgehead atoms. The molecule has 0 radical (unpaired) electrons. The summed E-state index contributed by atoms with van der Waals surface area (Å²) in [7, 11) is 0. The van der Waals surface area contributed by atoms with E-state index < -0.39 is 18.5 Å². The van der Waals surface area contributed by atoms with Crippen LogP contribution in [-0.4, -0.2) is 34.9 Å². The van der Waals surface area contributed by atoms with Gasteiger partial charge in [-0.15, -0.1) is 0 Å². The lowest BCUT2D eigenvalue weighted by molar-refractivity contribution is -0.119. The third-order valence-electron chi connectivity index (χ3n) is 6.23. The minimum atomic E-state index is -0.560. The van der Waals surface area contributed by atoms with E-state index >= 15 is 0 Å². The first kappa shape index (κ1) is 23.2. The van der Waals surface area contributed by atoms with Gasteiger partial charge >= 0.3 is 5.97 Å². The second-order valence-electron chi connectivity index (χ2n) is 8.66. The number of benzene rings is 3. The van der Waals surface area contributed by atoms with E-state index in [4.69, 9.17) is 9.72 Å². The predicted octanol–water partition coefficient (Wildman–Crippen LogP) is 4.46. The van der Waals surface area contributed by atoms with E-state index in [1.807, 2.05) is 48.5 Å². The summed E-state index contributed by atoms with van der Waals surface area (Å²) in [5.41, 5.74) is 4.83. The number of aromatic nitrogens is 1. The van der Waals surface area contributed by atoms with Crippen LogP contribution < -0.4 is 5.32 Å². The molecule has 0 aliphatic carbocycles. The average Bonchev–Trinajstić information content (AvgIpc) is 2.91. The number of hydrogen-bond donors (Lipinski definition) is 1. The third kappa shape index (κ3) is 4.95. The molecule has 1 aliphatic rings. The first-order chi connectivity index (χ1) is 17.6. The van der Waals surface area contributed by atoms with Crippen molar-refractivity contribution >= 4 is 28.5 Å². The Morgan fingerprint density at radius 3 is 2.58 bits per heavy atom. The Hall–Kier alpha value is -4.54. The molecule has 0 saturated carbocycles. The molecular weight excluding hydrogens is 452 g/mol. The number of anilines is 1. The van der Waals surface area contributed by atoms with Crippen LogP contribution in [0.25, 0.3) is 10.9 Å². The SMILES string of the molecule is N#Cc1ccccc1NC(=O)COC(=O)c1c2c(nc3ccccc13)CCN(Cc1ccccc1)C2. The summed E-state index contributed by atoms with van der Waals surface area (Å²) in [5.74, 6) is -1.07. The van der Waals surface area contributed by atoms with E-state index in [9.17, 15) is 14.9 Å². The van der Waals surface area contributed by atoms with E-state index in [2.05, 4.69) is 22.3 Å². The maximum Gasteiger partial charge on any atom is 0.339 e. The van der Waals surface area contributed by atoms with Crippen LogP contribution in [0.5, 0.6) is 0 Å². The van der Waals surface area contributed by atoms with Crippen LogP contribution in [0.2, 0.25) is 0 Å². The van der Waals surface area contributed by atoms with E-state index in [1.165, 1.54) is 5.56 Å². The molecular formula is C29H24N4O3. The minimum absolute atomic E-state index is 0.338. The summed E-state index contributed by atoms with van der Waals surface area (Å²) in [5, 5.41) is 12.6. The Labute approximate surface area is 208 Å². The van der Waals surface area contributed by atoms with E-state index in [0.717, 1.165) is 36.3 Å². The standard InChI is InChI=1S/C29H24N4O3/c30-16-21-10-4-6-12-24(21)32-27(34)19-36-29(35)28-22-11-5-7-13-25(22)31-26-14-15-33(18-23(26)28)17-20-8-2-1-3-9-20/h1-13H,14-15,17-19H2,(H,32,34). The molecule has 1 N–H and O–H groups in total. The van der Waals surface area contributed by atoms with Gasteiger partial charge in [0.25, 0.3) is 5.91 Å². The van der Waals surface area contributed by atoms with Gasteiger partial charge in [-0.05, 0) is 23.8 Å². The molecule has 0 unspecified atom stereocenters. The summed E-state index contributed by atoms with van der Waals surface area (Å²) in [6.07, 6.45) is 0.721. The largest absolute Gasteiger partial charge is 0.452 e. The second kappa shape index (κ2) is 10.4. The molecule has 7 heteroatoms. The van der Waals surface area contributed by atoms with Gasteiger partial charge in [0.2, 0.25) is 0 Å². The Morgan fingerprint density at radius 2 is 1.75 bits per heavy atom. The molecule has 7 nitrogen and oxygen atoms in total. The number of fused-ring (bicyclic) bond motifs is 2. The average molecular weight is 477 g/mol. The summed E-state index contributed by atoms with van der Waals surface area (Å²) in [4.78, 5) is 33.0. The molecule has 1 aliphatic heterocycles. The smallest absolute Gasteiger partial charge is 0.339 e. The van der Waals surface area contributed by atoms with E-state index in [0.29, 0.717) is 28.7 Å². The molecule has 1 aromatic heterocycles. The van der Waals surface area contributed by atoms with Gasteiger partial charge in [-0.3, -0.25) is 14.7 Å². The highest BCUT2D eigenvalue weighted by Crippen LogP contribution is 2.29. The number of hydrogen-bond acceptors (Lipinski definition) is 6. The number of carbonyl (C=O) groups excluding carboxylic acids is 2. The van der Waals surface area contributed by atoms with Gasteiger partial charge in [0.05, 0.1) is 22.3 Å². The van der Waals surface area contributed by atoms with Crippen LogP contribution in [0.1, 0.15) is 32.7 Å². The molecule has 178 valence electrons. The van der Waals surface area contributed by atoms with Crippen LogP contribution in [0.3, 0.4) is 0 Å². The number of carbonyl (C=O) groups is 2. The van der Waals surface area contributed by atoms with Crippen molar-refractivity contribution in [1.29, 1.82) is 5.26 Å². The van der Waals surface area contributed by atoms with Crippen molar-refractivity contribution in [3.05, 3.63) is 107 Å². The number of amides is 1. The summed E-state index contributed by atoms with van der Waals surface area (Å²) in [6.45, 7) is 1.71. The number of rotatable bonds is 6. The minimum Gasteiger partial charge on any atom is -0.452 e. The first-order valence-corrected chi connectivity index (χ1v) is 11.8. The summed E-state index contributed by atoms with van der Waals surface area (Å²) < 4.78 is 5.48. The Kier molecular flexibility index (Phi) is 6.69. The topological polar surface area (TPSA) is 95.3 Å². The predicted molar refractivity (Wildman–Crippen MR) is 136 cm³/mol. The number of pyridine rings is 1. The van der Waals surface area contributed by atoms with Crippen LogP contribution in [0.15, 0.2) is 78.9 Å². The monoisotopic (exact) mass is 476 g/mol. The van der Waals surface area contributed by atoms with Crippen molar-refractivity contribution in [1.82, 2.24) is 9.88 Å². The molecule has 0 atom stereocenters. The molecule has 5 rings (SSSR count). The van der Waals surface area contributed by atoms with Crippen LogP contribution in [-0.2, 0) is 29.0 Å². The molecule has 0 spiro atoms.